The van der Waals surface area contributed by atoms with Crippen LogP contribution in [0.2, 0.25) is 0 Å². The topological polar surface area (TPSA) is 28.1 Å². The van der Waals surface area contributed by atoms with Gasteiger partial charge in [-0.25, -0.2) is 4.39 Å². The summed E-state index contributed by atoms with van der Waals surface area (Å²) in [5, 5.41) is 8.12. The molecule has 0 aliphatic rings. The number of diazo groups is 1. The Kier molecular flexibility index (Phi) is 1.41. The Balaban J connectivity index is 3.12. The monoisotopic (exact) mass is 123 g/mol. The van der Waals surface area contributed by atoms with Gasteiger partial charge in [-0.3, -0.25) is 0 Å². The van der Waals surface area contributed by atoms with Crippen LogP contribution in [0.4, 0.5) is 10.1 Å². The molecule has 1 rings (SSSR count). The molecule has 0 amide bonds. The summed E-state index contributed by atoms with van der Waals surface area (Å²) in [4.78, 5) is 2.79. The first-order valence-electron chi connectivity index (χ1n) is 2.43. The van der Waals surface area contributed by atoms with Gasteiger partial charge in [-0.1, -0.05) is 6.07 Å². The van der Waals surface area contributed by atoms with Crippen molar-refractivity contribution in [1.29, 1.82) is 5.39 Å². The van der Waals surface area contributed by atoms with Crippen LogP contribution in [0.15, 0.2) is 24.3 Å². The maximum absolute atomic E-state index is 12.2. The van der Waals surface area contributed by atoms with E-state index in [4.69, 9.17) is 5.39 Å². The van der Waals surface area contributed by atoms with Crippen LogP contribution in [0.3, 0.4) is 0 Å². The molecule has 2 nitrogen and oxygen atoms in total. The van der Waals surface area contributed by atoms with Gasteiger partial charge in [0.2, 0.25) is 5.39 Å². The van der Waals surface area contributed by atoms with Gasteiger partial charge in [-0.05, 0) is 6.07 Å². The van der Waals surface area contributed by atoms with E-state index in [1.54, 1.807) is 0 Å². The van der Waals surface area contributed by atoms with Gasteiger partial charge in [0.15, 0.2) is 4.98 Å². The highest BCUT2D eigenvalue weighted by molar-refractivity contribution is 5.42. The summed E-state index contributed by atoms with van der Waals surface area (Å²) >= 11 is 0. The molecular formula is C6H4FN2+. The number of rotatable bonds is 0. The van der Waals surface area contributed by atoms with Crippen molar-refractivity contribution < 1.29 is 4.39 Å². The highest BCUT2D eigenvalue weighted by atomic mass is 19.1. The molecule has 44 valence electrons. The van der Waals surface area contributed by atoms with Gasteiger partial charge in [0.05, 0.1) is 6.07 Å². The van der Waals surface area contributed by atoms with Crippen LogP contribution in [-0.4, -0.2) is 0 Å². The SMILES string of the molecule is N#[N+]c1cccc(F)c1. The molecule has 9 heavy (non-hydrogen) atoms. The molecule has 0 spiro atoms. The molecule has 0 saturated carbocycles. The van der Waals surface area contributed by atoms with E-state index in [1.165, 1.54) is 18.2 Å². The molecule has 0 saturated heterocycles. The number of nitrogens with zero attached hydrogens (tertiary/aromatic N) is 2. The van der Waals surface area contributed by atoms with Crippen molar-refractivity contribution in [3.05, 3.63) is 35.1 Å². The number of hydrogen-bond donors (Lipinski definition) is 0. The zero-order valence-electron chi connectivity index (χ0n) is 4.58. The van der Waals surface area contributed by atoms with E-state index in [9.17, 15) is 4.39 Å². The maximum atomic E-state index is 12.2. The van der Waals surface area contributed by atoms with E-state index in [0.29, 0.717) is 0 Å². The molecule has 0 aromatic heterocycles. The number of halogens is 1. The lowest BCUT2D eigenvalue weighted by atomic mass is 10.3. The van der Waals surface area contributed by atoms with E-state index in [1.807, 2.05) is 0 Å². The van der Waals surface area contributed by atoms with Crippen molar-refractivity contribution in [3.63, 3.8) is 0 Å². The second-order valence-electron chi connectivity index (χ2n) is 1.58. The van der Waals surface area contributed by atoms with Crippen molar-refractivity contribution in [1.82, 2.24) is 0 Å². The Morgan fingerprint density at radius 1 is 1.44 bits per heavy atom. The molecule has 0 fully saturated rings. The summed E-state index contributed by atoms with van der Waals surface area (Å²) in [6.45, 7) is 0. The molecule has 0 aliphatic heterocycles. The highest BCUT2D eigenvalue weighted by Gasteiger charge is 2.02. The minimum absolute atomic E-state index is 0.231. The third-order valence-electron chi connectivity index (χ3n) is 0.924. The summed E-state index contributed by atoms with van der Waals surface area (Å²) in [7, 11) is 0. The van der Waals surface area contributed by atoms with E-state index in [0.717, 1.165) is 6.07 Å². The van der Waals surface area contributed by atoms with Gasteiger partial charge in [0.1, 0.15) is 5.82 Å². The van der Waals surface area contributed by atoms with Gasteiger partial charge < -0.3 is 0 Å². The van der Waals surface area contributed by atoms with Crippen LogP contribution in [0, 0.1) is 11.2 Å². The fourth-order valence-corrected chi connectivity index (χ4v) is 0.538. The Bertz CT molecular complexity index is 251. The summed E-state index contributed by atoms with van der Waals surface area (Å²) in [5.41, 5.74) is 0.231. The Morgan fingerprint density at radius 3 is 2.67 bits per heavy atom. The molecule has 0 N–H and O–H groups in total. The molecule has 3 heteroatoms. The van der Waals surface area contributed by atoms with Crippen molar-refractivity contribution >= 4 is 5.69 Å². The molecule has 0 radical (unpaired) electrons. The van der Waals surface area contributed by atoms with Crippen molar-refractivity contribution in [2.45, 2.75) is 0 Å². The third kappa shape index (κ3) is 1.23. The minimum Gasteiger partial charge on any atom is -0.207 e. The first kappa shape index (κ1) is 5.70. The predicted molar refractivity (Wildman–Crippen MR) is 31.1 cm³/mol. The Labute approximate surface area is 51.6 Å². The zero-order valence-corrected chi connectivity index (χ0v) is 4.58. The Hall–Kier alpha value is -1.43. The fraction of sp³-hybridized carbons (Fsp3) is 0. The van der Waals surface area contributed by atoms with Gasteiger partial charge in [0, 0.05) is 6.07 Å². The predicted octanol–water partition coefficient (Wildman–Crippen LogP) is 2.31. The summed E-state index contributed by atoms with van der Waals surface area (Å²) in [6, 6.07) is 5.40. The van der Waals surface area contributed by atoms with E-state index >= 15 is 0 Å². The smallest absolute Gasteiger partial charge is 0.207 e. The fourth-order valence-electron chi connectivity index (χ4n) is 0.538. The lowest BCUT2D eigenvalue weighted by Crippen LogP contribution is -1.67. The standard InChI is InChI=1S/C6H4FN2/c7-5-2-1-3-6(4-5)9-8/h1-4H/q+1. The summed E-state index contributed by atoms with van der Waals surface area (Å²) in [6.07, 6.45) is 0. The molecule has 0 unspecified atom stereocenters. The van der Waals surface area contributed by atoms with Crippen LogP contribution in [-0.2, 0) is 0 Å². The summed E-state index contributed by atoms with van der Waals surface area (Å²) < 4.78 is 12.2. The molecule has 0 aliphatic carbocycles. The second-order valence-corrected chi connectivity index (χ2v) is 1.58. The van der Waals surface area contributed by atoms with E-state index < -0.39 is 5.82 Å². The maximum Gasteiger partial charge on any atom is 0.387 e. The quantitative estimate of drug-likeness (QED) is 0.486. The first-order valence-corrected chi connectivity index (χ1v) is 2.43. The average Bonchev–Trinajstić information content (AvgIpc) is 1.88. The number of benzene rings is 1. The van der Waals surface area contributed by atoms with E-state index in [-0.39, 0.29) is 5.69 Å². The molecule has 1 aromatic carbocycles. The van der Waals surface area contributed by atoms with Crippen LogP contribution >= 0.6 is 0 Å². The lowest BCUT2D eigenvalue weighted by Gasteiger charge is -1.77. The van der Waals surface area contributed by atoms with Gasteiger partial charge >= 0.3 is 5.69 Å². The number of hydrogen-bond acceptors (Lipinski definition) is 1. The second kappa shape index (κ2) is 2.23. The largest absolute Gasteiger partial charge is 0.387 e. The van der Waals surface area contributed by atoms with E-state index in [2.05, 4.69) is 4.98 Å². The highest BCUT2D eigenvalue weighted by Crippen LogP contribution is 2.11. The van der Waals surface area contributed by atoms with Crippen molar-refractivity contribution in [2.24, 2.45) is 0 Å². The van der Waals surface area contributed by atoms with Crippen LogP contribution in [0.5, 0.6) is 0 Å². The molecule has 0 heterocycles. The van der Waals surface area contributed by atoms with Gasteiger partial charge in [-0.15, -0.1) is 0 Å². The van der Waals surface area contributed by atoms with Crippen LogP contribution < -0.4 is 0 Å². The minimum atomic E-state index is -0.398. The van der Waals surface area contributed by atoms with Crippen LogP contribution in [0.1, 0.15) is 0 Å². The first-order chi connectivity index (χ1) is 4.33. The molecule has 0 bridgehead atoms. The lowest BCUT2D eigenvalue weighted by molar-refractivity contribution is 0.628. The summed E-state index contributed by atoms with van der Waals surface area (Å²) in [5.74, 6) is -0.398. The van der Waals surface area contributed by atoms with Gasteiger partial charge in [-0.2, -0.15) is 0 Å². The van der Waals surface area contributed by atoms with Gasteiger partial charge in [0.25, 0.3) is 0 Å². The normalized spacial score (nSPS) is 8.44. The Morgan fingerprint density at radius 2 is 2.22 bits per heavy atom. The van der Waals surface area contributed by atoms with Crippen molar-refractivity contribution in [2.75, 3.05) is 0 Å². The van der Waals surface area contributed by atoms with Crippen LogP contribution in [0.25, 0.3) is 4.98 Å². The van der Waals surface area contributed by atoms with Crippen molar-refractivity contribution in [3.8, 4) is 0 Å². The molecule has 1 aromatic rings. The molecular weight excluding hydrogens is 119 g/mol. The zero-order chi connectivity index (χ0) is 6.69. The average molecular weight is 123 g/mol. The third-order valence-corrected chi connectivity index (χ3v) is 0.924. The molecule has 0 atom stereocenters.